The highest BCUT2D eigenvalue weighted by Crippen LogP contribution is 2.42. The van der Waals surface area contributed by atoms with Crippen LogP contribution in [0.4, 0.5) is 0 Å². The van der Waals surface area contributed by atoms with E-state index in [-0.39, 0.29) is 22.9 Å². The van der Waals surface area contributed by atoms with Crippen molar-refractivity contribution in [3.8, 4) is 11.5 Å². The van der Waals surface area contributed by atoms with Gasteiger partial charge in [0.25, 0.3) is 0 Å². The first-order valence-corrected chi connectivity index (χ1v) is 20.3. The Labute approximate surface area is 337 Å². The Balaban J connectivity index is 1.56. The van der Waals surface area contributed by atoms with Crippen LogP contribution in [0.15, 0.2) is 84.9 Å². The van der Waals surface area contributed by atoms with Crippen LogP contribution in [0.1, 0.15) is 133 Å². The van der Waals surface area contributed by atoms with E-state index in [1.165, 1.54) is 14.2 Å². The Morgan fingerprint density at radius 2 is 0.879 bits per heavy atom. The second-order valence-electron chi connectivity index (χ2n) is 14.9. The number of ether oxygens (including phenoxy) is 2. The molecule has 0 aliphatic carbocycles. The van der Waals surface area contributed by atoms with E-state index in [1.54, 1.807) is 48.5 Å². The maximum Gasteiger partial charge on any atom is 0.337 e. The van der Waals surface area contributed by atoms with Crippen molar-refractivity contribution in [2.45, 2.75) is 78.1 Å². The van der Waals surface area contributed by atoms with Crippen molar-refractivity contribution in [2.24, 2.45) is 0 Å². The molecule has 0 atom stereocenters. The second-order valence-corrected chi connectivity index (χ2v) is 14.9. The lowest BCUT2D eigenvalue weighted by Gasteiger charge is -2.10. The van der Waals surface area contributed by atoms with Crippen LogP contribution >= 0.6 is 0 Å². The fourth-order valence-electron chi connectivity index (χ4n) is 7.96. The number of methoxy groups -OCH3 is 2. The van der Waals surface area contributed by atoms with Gasteiger partial charge in [-0.15, -0.1) is 0 Å². The van der Waals surface area contributed by atoms with Crippen LogP contribution in [0, 0.1) is 0 Å². The molecule has 10 heteroatoms. The van der Waals surface area contributed by atoms with Crippen molar-refractivity contribution >= 4 is 34.2 Å². The predicted octanol–water partition coefficient (Wildman–Crippen LogP) is 7.13. The van der Waals surface area contributed by atoms with Crippen LogP contribution in [0.5, 0.6) is 11.5 Å². The zero-order chi connectivity index (χ0) is 40.8. The second kappa shape index (κ2) is 17.8. The third-order valence-electron chi connectivity index (χ3n) is 11.1. The van der Waals surface area contributed by atoms with Gasteiger partial charge in [-0.05, 0) is 109 Å². The highest BCUT2D eigenvalue weighted by atomic mass is 16.5. The molecule has 0 unspecified atom stereocenters. The van der Waals surface area contributed by atoms with Crippen molar-refractivity contribution in [3.05, 3.63) is 151 Å². The molecular formula is C48H52N4O6. The summed E-state index contributed by atoms with van der Waals surface area (Å²) in [5.74, 6) is -1.59. The first-order chi connectivity index (χ1) is 28.3. The minimum atomic E-state index is -0.462. The summed E-state index contributed by atoms with van der Waals surface area (Å²) in [5, 5.41) is 27.1. The van der Waals surface area contributed by atoms with Crippen molar-refractivity contribution in [3.63, 3.8) is 0 Å². The lowest BCUT2D eigenvalue weighted by atomic mass is 10.00. The molecule has 0 spiro atoms. The van der Waals surface area contributed by atoms with Gasteiger partial charge in [0, 0.05) is 43.9 Å². The van der Waals surface area contributed by atoms with Gasteiger partial charge >= 0.3 is 11.9 Å². The van der Waals surface area contributed by atoms with Crippen molar-refractivity contribution in [1.29, 1.82) is 0 Å². The van der Waals surface area contributed by atoms with E-state index in [1.807, 2.05) is 12.1 Å². The highest BCUT2D eigenvalue weighted by molar-refractivity contribution is 5.93. The van der Waals surface area contributed by atoms with Crippen LogP contribution in [0.25, 0.3) is 22.3 Å². The van der Waals surface area contributed by atoms with Crippen molar-refractivity contribution < 1.29 is 29.3 Å². The van der Waals surface area contributed by atoms with Gasteiger partial charge in [0.15, 0.2) is 11.5 Å². The van der Waals surface area contributed by atoms with Crippen molar-refractivity contribution in [2.75, 3.05) is 14.2 Å². The number of esters is 2. The average molecular weight is 781 g/mol. The van der Waals surface area contributed by atoms with Crippen LogP contribution in [0.2, 0.25) is 0 Å². The van der Waals surface area contributed by atoms with Crippen LogP contribution < -0.4 is 21.4 Å². The van der Waals surface area contributed by atoms with E-state index < -0.39 is 11.9 Å². The SMILES string of the molecule is CCCCCCC1=c2ccc([nH]2)=C(c2ccc(C(=O)OC)cc2)c2[nH]c(c(O)c2O)C(c2ccc(C(=O)OC)cc2)=c2ccc([nH]2)=C(CCCCCC)c2ccc1[nH]2. The first-order valence-electron chi connectivity index (χ1n) is 20.3. The highest BCUT2D eigenvalue weighted by Gasteiger charge is 2.26. The van der Waals surface area contributed by atoms with Crippen LogP contribution in [-0.2, 0) is 9.47 Å². The van der Waals surface area contributed by atoms with Crippen molar-refractivity contribution in [1.82, 2.24) is 19.9 Å². The fraction of sp³-hybridized carbons (Fsp3) is 0.292. The van der Waals surface area contributed by atoms with Gasteiger partial charge in [0.2, 0.25) is 0 Å². The fourth-order valence-corrected chi connectivity index (χ4v) is 7.96. The first kappa shape index (κ1) is 39.8. The zero-order valence-corrected chi connectivity index (χ0v) is 33.7. The van der Waals surface area contributed by atoms with Crippen LogP contribution in [-0.4, -0.2) is 56.3 Å². The molecule has 4 aromatic heterocycles. The maximum atomic E-state index is 12.4. The predicted molar refractivity (Wildman–Crippen MR) is 226 cm³/mol. The molecule has 300 valence electrons. The summed E-state index contributed by atoms with van der Waals surface area (Å²) in [6.45, 7) is 4.43. The quantitative estimate of drug-likeness (QED) is 0.0511. The van der Waals surface area contributed by atoms with Gasteiger partial charge < -0.3 is 39.6 Å². The molecule has 6 aromatic rings. The van der Waals surface area contributed by atoms with E-state index >= 15 is 0 Å². The number of nitrogens with one attached hydrogen (secondary N) is 4. The van der Waals surface area contributed by atoms with Gasteiger partial charge in [-0.2, -0.15) is 0 Å². The number of aromatic amines is 4. The third-order valence-corrected chi connectivity index (χ3v) is 11.1. The minimum Gasteiger partial charge on any atom is -0.503 e. The van der Waals surface area contributed by atoms with Gasteiger partial charge in [-0.3, -0.25) is 0 Å². The number of benzene rings is 2. The van der Waals surface area contributed by atoms with E-state index in [0.29, 0.717) is 44.1 Å². The summed E-state index contributed by atoms with van der Waals surface area (Å²) in [7, 11) is 2.68. The molecule has 2 aromatic carbocycles. The Morgan fingerprint density at radius 1 is 0.483 bits per heavy atom. The number of carbonyl (C=O) groups excluding carboxylic acids is 2. The number of fused-ring (bicyclic) bond motifs is 8. The summed E-state index contributed by atoms with van der Waals surface area (Å²) >= 11 is 0. The summed E-state index contributed by atoms with van der Waals surface area (Å²) in [6, 6.07) is 26.4. The van der Waals surface area contributed by atoms with E-state index in [9.17, 15) is 19.8 Å². The number of hydrogen-bond acceptors (Lipinski definition) is 6. The number of carbonyl (C=O) groups is 2. The van der Waals surface area contributed by atoms with Gasteiger partial charge in [0.05, 0.1) is 36.7 Å². The average Bonchev–Trinajstić information content (AvgIpc) is 4.08. The van der Waals surface area contributed by atoms with E-state index in [0.717, 1.165) is 97.4 Å². The topological polar surface area (TPSA) is 156 Å². The standard InChI is InChI=1S/C48H52N4O6/c1-5-7-9-11-13-33-35-23-24-36(49-35)34(14-12-10-8-6-2)38-26-28-40(51-38)42(30-17-21-32(22-18-30)48(56)58-4)44-46(54)45(53)43(52-44)41(39-27-25-37(33)50-39)29-15-19-31(20-16-29)47(55)57-3/h15-28,49-54H,5-14H2,1-4H3. The molecule has 0 saturated carbocycles. The molecule has 1 aliphatic heterocycles. The van der Waals surface area contributed by atoms with E-state index in [2.05, 4.69) is 58.0 Å². The molecule has 7 rings (SSSR count). The number of aromatic nitrogens is 4. The molecule has 0 fully saturated rings. The monoisotopic (exact) mass is 780 g/mol. The Hall–Kier alpha value is -6.42. The van der Waals surface area contributed by atoms with E-state index in [4.69, 9.17) is 9.47 Å². The third kappa shape index (κ3) is 8.05. The summed E-state index contributed by atoms with van der Waals surface area (Å²) in [6.07, 6.45) is 10.6. The minimum absolute atomic E-state index is 0.282. The maximum absolute atomic E-state index is 12.4. The molecule has 6 N–H and O–H groups in total. The molecule has 58 heavy (non-hydrogen) atoms. The lowest BCUT2D eigenvalue weighted by molar-refractivity contribution is 0.0592. The molecule has 5 heterocycles. The molecule has 10 nitrogen and oxygen atoms in total. The molecular weight excluding hydrogens is 729 g/mol. The Morgan fingerprint density at radius 3 is 1.26 bits per heavy atom. The number of aromatic hydroxyl groups is 2. The summed E-state index contributed by atoms with van der Waals surface area (Å²) < 4.78 is 9.93. The molecule has 1 aliphatic rings. The molecule has 8 bridgehead atoms. The van der Waals surface area contributed by atoms with Gasteiger partial charge in [0.1, 0.15) is 0 Å². The lowest BCUT2D eigenvalue weighted by Crippen LogP contribution is -2.18. The number of H-pyrrole nitrogens is 4. The van der Waals surface area contributed by atoms with Gasteiger partial charge in [-0.25, -0.2) is 9.59 Å². The number of hydrogen-bond donors (Lipinski definition) is 6. The smallest absolute Gasteiger partial charge is 0.337 e. The summed E-state index contributed by atoms with van der Waals surface area (Å²) in [5.41, 5.74) is 8.25. The molecule has 0 amide bonds. The molecule has 0 radical (unpaired) electrons. The zero-order valence-electron chi connectivity index (χ0n) is 33.7. The number of rotatable bonds is 14. The molecule has 0 saturated heterocycles. The Bertz CT molecular complexity index is 2490. The normalized spacial score (nSPS) is 12.6. The van der Waals surface area contributed by atoms with Gasteiger partial charge in [-0.1, -0.05) is 76.6 Å². The largest absolute Gasteiger partial charge is 0.503 e. The Kier molecular flexibility index (Phi) is 12.2. The number of unbranched alkanes of at least 4 members (excludes halogenated alkanes) is 6. The van der Waals surface area contributed by atoms with Crippen LogP contribution in [0.3, 0.4) is 0 Å². The summed E-state index contributed by atoms with van der Waals surface area (Å²) in [4.78, 5) is 39.5.